The first-order valence-corrected chi connectivity index (χ1v) is 5.86. The van der Waals surface area contributed by atoms with Crippen LogP contribution >= 0.6 is 11.3 Å². The fraction of sp³-hybridized carbons (Fsp3) is 0.400. The molecular weight excluding hydrogens is 210 g/mol. The zero-order valence-corrected chi connectivity index (χ0v) is 9.60. The highest BCUT2D eigenvalue weighted by Gasteiger charge is 2.10. The molecule has 0 radical (unpaired) electrons. The third-order valence-corrected chi connectivity index (χ3v) is 2.91. The number of aromatic nitrogens is 2. The minimum atomic E-state index is 0.498. The standard InChI is InChI=1S/C10H13N3OS/c1-3-4-11-10-12-9(13-14-10)8-6-15-5-7(8)2/h5-6H,3-4H2,1-2H3,(H,11,12,13). The first kappa shape index (κ1) is 10.2. The highest BCUT2D eigenvalue weighted by Crippen LogP contribution is 2.24. The van der Waals surface area contributed by atoms with Gasteiger partial charge in [-0.05, 0) is 24.3 Å². The molecule has 0 saturated carbocycles. The second-order valence-electron chi connectivity index (χ2n) is 3.32. The Bertz CT molecular complexity index is 435. The number of anilines is 1. The van der Waals surface area contributed by atoms with Crippen LogP contribution < -0.4 is 5.32 Å². The summed E-state index contributed by atoms with van der Waals surface area (Å²) in [4.78, 5) is 4.27. The molecule has 4 nitrogen and oxygen atoms in total. The summed E-state index contributed by atoms with van der Waals surface area (Å²) in [5.74, 6) is 0.660. The van der Waals surface area contributed by atoms with Gasteiger partial charge in [0.1, 0.15) is 0 Å². The van der Waals surface area contributed by atoms with Crippen LogP contribution in [-0.2, 0) is 0 Å². The van der Waals surface area contributed by atoms with E-state index in [0.29, 0.717) is 11.8 Å². The average molecular weight is 223 g/mol. The Balaban J connectivity index is 2.17. The van der Waals surface area contributed by atoms with E-state index in [1.165, 1.54) is 5.56 Å². The van der Waals surface area contributed by atoms with E-state index in [-0.39, 0.29) is 0 Å². The maximum Gasteiger partial charge on any atom is 0.321 e. The maximum atomic E-state index is 5.08. The van der Waals surface area contributed by atoms with Crippen molar-refractivity contribution < 1.29 is 4.52 Å². The van der Waals surface area contributed by atoms with E-state index in [4.69, 9.17) is 4.52 Å². The summed E-state index contributed by atoms with van der Waals surface area (Å²) in [5.41, 5.74) is 2.23. The highest BCUT2D eigenvalue weighted by atomic mass is 32.1. The Morgan fingerprint density at radius 2 is 2.33 bits per heavy atom. The highest BCUT2D eigenvalue weighted by molar-refractivity contribution is 7.08. The van der Waals surface area contributed by atoms with Crippen molar-refractivity contribution in [2.24, 2.45) is 0 Å². The van der Waals surface area contributed by atoms with E-state index in [2.05, 4.69) is 27.8 Å². The van der Waals surface area contributed by atoms with Crippen molar-refractivity contribution in [2.75, 3.05) is 11.9 Å². The first-order chi connectivity index (χ1) is 7.31. The van der Waals surface area contributed by atoms with Gasteiger partial charge < -0.3 is 9.84 Å². The van der Waals surface area contributed by atoms with Crippen molar-refractivity contribution in [1.82, 2.24) is 10.1 Å². The predicted octanol–water partition coefficient (Wildman–Crippen LogP) is 2.93. The van der Waals surface area contributed by atoms with Crippen molar-refractivity contribution in [3.05, 3.63) is 16.3 Å². The second-order valence-corrected chi connectivity index (χ2v) is 4.06. The van der Waals surface area contributed by atoms with E-state index in [1.807, 2.05) is 12.3 Å². The van der Waals surface area contributed by atoms with Gasteiger partial charge in [0, 0.05) is 17.5 Å². The van der Waals surface area contributed by atoms with E-state index in [9.17, 15) is 0 Å². The van der Waals surface area contributed by atoms with E-state index >= 15 is 0 Å². The van der Waals surface area contributed by atoms with Crippen LogP contribution in [0.25, 0.3) is 11.4 Å². The van der Waals surface area contributed by atoms with Crippen LogP contribution in [0.4, 0.5) is 6.01 Å². The van der Waals surface area contributed by atoms with Crippen molar-refractivity contribution >= 4 is 17.4 Å². The molecule has 0 bridgehead atoms. The lowest BCUT2D eigenvalue weighted by Gasteiger charge is -1.94. The lowest BCUT2D eigenvalue weighted by Crippen LogP contribution is -1.99. The van der Waals surface area contributed by atoms with Gasteiger partial charge in [-0.15, -0.1) is 0 Å². The van der Waals surface area contributed by atoms with Gasteiger partial charge in [0.05, 0.1) is 0 Å². The van der Waals surface area contributed by atoms with E-state index < -0.39 is 0 Å². The molecule has 1 N–H and O–H groups in total. The van der Waals surface area contributed by atoms with E-state index in [1.54, 1.807) is 11.3 Å². The van der Waals surface area contributed by atoms with Crippen LogP contribution in [0.5, 0.6) is 0 Å². The fourth-order valence-corrected chi connectivity index (χ4v) is 2.05. The van der Waals surface area contributed by atoms with Gasteiger partial charge in [0.15, 0.2) is 0 Å². The summed E-state index contributed by atoms with van der Waals surface area (Å²) < 4.78 is 5.08. The summed E-state index contributed by atoms with van der Waals surface area (Å²) in [6.07, 6.45) is 1.04. The molecule has 2 aromatic heterocycles. The van der Waals surface area contributed by atoms with Crippen LogP contribution in [0.1, 0.15) is 18.9 Å². The topological polar surface area (TPSA) is 51.0 Å². The van der Waals surface area contributed by atoms with Gasteiger partial charge in [-0.1, -0.05) is 12.1 Å². The third kappa shape index (κ3) is 2.18. The summed E-state index contributed by atoms with van der Waals surface area (Å²) in [6.45, 7) is 4.99. The fourth-order valence-electron chi connectivity index (χ4n) is 1.23. The molecule has 15 heavy (non-hydrogen) atoms. The lowest BCUT2D eigenvalue weighted by atomic mass is 10.2. The molecule has 0 unspecified atom stereocenters. The normalized spacial score (nSPS) is 10.5. The number of nitrogens with zero attached hydrogens (tertiary/aromatic N) is 2. The molecule has 2 heterocycles. The molecule has 0 fully saturated rings. The van der Waals surface area contributed by atoms with Crippen LogP contribution in [0.3, 0.4) is 0 Å². The molecule has 0 saturated heterocycles. The van der Waals surface area contributed by atoms with Crippen LogP contribution in [-0.4, -0.2) is 16.7 Å². The Hall–Kier alpha value is -1.36. The molecule has 0 aliphatic carbocycles. The number of hydrogen-bond donors (Lipinski definition) is 1. The SMILES string of the molecule is CCCNc1nc(-c2cscc2C)no1. The molecular formula is C10H13N3OS. The monoisotopic (exact) mass is 223 g/mol. The molecule has 2 aromatic rings. The van der Waals surface area contributed by atoms with Crippen molar-refractivity contribution in [1.29, 1.82) is 0 Å². The average Bonchev–Trinajstić information content (AvgIpc) is 2.83. The zero-order valence-electron chi connectivity index (χ0n) is 8.78. The third-order valence-electron chi connectivity index (χ3n) is 2.05. The molecule has 5 heteroatoms. The maximum absolute atomic E-state index is 5.08. The molecule has 0 atom stereocenters. The summed E-state index contributed by atoms with van der Waals surface area (Å²) in [7, 11) is 0. The second kappa shape index (κ2) is 4.44. The van der Waals surface area contributed by atoms with Gasteiger partial charge in [0.2, 0.25) is 5.82 Å². The molecule has 0 aliphatic heterocycles. The summed E-state index contributed by atoms with van der Waals surface area (Å²) in [6, 6.07) is 0.498. The Morgan fingerprint density at radius 1 is 1.47 bits per heavy atom. The number of hydrogen-bond acceptors (Lipinski definition) is 5. The molecule has 0 amide bonds. The van der Waals surface area contributed by atoms with Crippen LogP contribution in [0.15, 0.2) is 15.3 Å². The minimum absolute atomic E-state index is 0.498. The van der Waals surface area contributed by atoms with Gasteiger partial charge in [-0.3, -0.25) is 0 Å². The number of nitrogens with one attached hydrogen (secondary N) is 1. The molecule has 2 rings (SSSR count). The zero-order chi connectivity index (χ0) is 10.7. The van der Waals surface area contributed by atoms with Gasteiger partial charge in [0.25, 0.3) is 0 Å². The Kier molecular flexibility index (Phi) is 3.01. The van der Waals surface area contributed by atoms with E-state index in [0.717, 1.165) is 18.5 Å². The largest absolute Gasteiger partial charge is 0.338 e. The first-order valence-electron chi connectivity index (χ1n) is 4.92. The molecule has 0 aromatic carbocycles. The number of rotatable bonds is 4. The van der Waals surface area contributed by atoms with Crippen LogP contribution in [0.2, 0.25) is 0 Å². The Labute approximate surface area is 92.3 Å². The Morgan fingerprint density at radius 3 is 3.00 bits per heavy atom. The van der Waals surface area contributed by atoms with Crippen molar-refractivity contribution in [2.45, 2.75) is 20.3 Å². The van der Waals surface area contributed by atoms with Gasteiger partial charge >= 0.3 is 6.01 Å². The van der Waals surface area contributed by atoms with Crippen molar-refractivity contribution in [3.8, 4) is 11.4 Å². The predicted molar refractivity (Wildman–Crippen MR) is 61.1 cm³/mol. The lowest BCUT2D eigenvalue weighted by molar-refractivity contribution is 0.432. The van der Waals surface area contributed by atoms with Crippen molar-refractivity contribution in [3.63, 3.8) is 0 Å². The minimum Gasteiger partial charge on any atom is -0.338 e. The number of aryl methyl sites for hydroxylation is 1. The molecule has 0 aliphatic rings. The summed E-state index contributed by atoms with van der Waals surface area (Å²) in [5, 5.41) is 11.1. The molecule has 0 spiro atoms. The molecule has 80 valence electrons. The summed E-state index contributed by atoms with van der Waals surface area (Å²) >= 11 is 1.65. The van der Waals surface area contributed by atoms with Crippen LogP contribution in [0, 0.1) is 6.92 Å². The smallest absolute Gasteiger partial charge is 0.321 e. The number of thiophene rings is 1. The quantitative estimate of drug-likeness (QED) is 0.865. The van der Waals surface area contributed by atoms with Gasteiger partial charge in [-0.25, -0.2) is 0 Å². The van der Waals surface area contributed by atoms with Gasteiger partial charge in [-0.2, -0.15) is 16.3 Å².